The van der Waals surface area contributed by atoms with Crippen LogP contribution in [0.3, 0.4) is 0 Å². The molecule has 3 aliphatic rings. The lowest BCUT2D eigenvalue weighted by molar-refractivity contribution is -0.153. The highest BCUT2D eigenvalue weighted by atomic mass is 35.5. The normalized spacial score (nSPS) is 25.6. The van der Waals surface area contributed by atoms with E-state index in [1.54, 1.807) is 0 Å². The van der Waals surface area contributed by atoms with Crippen molar-refractivity contribution in [1.29, 1.82) is 0 Å². The van der Waals surface area contributed by atoms with E-state index in [1.165, 1.54) is 40.1 Å². The summed E-state index contributed by atoms with van der Waals surface area (Å²) in [4.78, 5) is 44.2. The van der Waals surface area contributed by atoms with Crippen LogP contribution in [0.2, 0.25) is 20.1 Å². The molecule has 0 aromatic heterocycles. The first-order chi connectivity index (χ1) is 20.3. The van der Waals surface area contributed by atoms with Crippen LogP contribution in [0.15, 0.2) is 30.3 Å². The summed E-state index contributed by atoms with van der Waals surface area (Å²) < 4.78 is 30.4. The number of carbonyl (C=O) groups is 3. The number of anilines is 2. The van der Waals surface area contributed by atoms with Gasteiger partial charge >= 0.3 is 5.97 Å². The molecule has 7 nitrogen and oxygen atoms in total. The molecule has 2 aromatic carbocycles. The highest BCUT2D eigenvalue weighted by molar-refractivity contribution is 6.38. The van der Waals surface area contributed by atoms with Gasteiger partial charge in [0.15, 0.2) is 0 Å². The first-order valence-corrected chi connectivity index (χ1v) is 15.8. The van der Waals surface area contributed by atoms with E-state index in [1.807, 2.05) is 0 Å². The highest BCUT2D eigenvalue weighted by Crippen LogP contribution is 2.61. The third-order valence-electron chi connectivity index (χ3n) is 8.75. The predicted octanol–water partition coefficient (Wildman–Crippen LogP) is 7.88. The van der Waals surface area contributed by atoms with E-state index >= 15 is 8.78 Å². The van der Waals surface area contributed by atoms with Gasteiger partial charge in [-0.3, -0.25) is 19.3 Å². The lowest BCUT2D eigenvalue weighted by Gasteiger charge is -2.36. The topological polar surface area (TPSA) is 90.0 Å². The minimum Gasteiger partial charge on any atom is -0.481 e. The standard InChI is InChI=1S/C30H31Cl4F2N3O4/c1-2-3-4-5-6-7-8-38(19-10-16(31)9-17(32)11-19)26(40)23-22-14-29(35,36)15-39(22)30(24(23)27(41)42)20-12-18(33)13-21(34)25(20)37-28(30)43/h9-13,22-24H,2-8,14-15H2,1H3,(H,37,43)(H,41,42)/t22-,23+,24-,30+/m1/s1. The Morgan fingerprint density at radius 3 is 2.28 bits per heavy atom. The Hall–Kier alpha value is -2.17. The zero-order valence-corrected chi connectivity index (χ0v) is 26.3. The van der Waals surface area contributed by atoms with Crippen molar-refractivity contribution in [1.82, 2.24) is 4.90 Å². The van der Waals surface area contributed by atoms with Crippen LogP contribution in [-0.2, 0) is 19.9 Å². The van der Waals surface area contributed by atoms with Gasteiger partial charge in [-0.25, -0.2) is 8.78 Å². The Bertz CT molecular complexity index is 1440. The number of nitrogens with one attached hydrogen (secondary N) is 1. The van der Waals surface area contributed by atoms with Crippen LogP contribution in [0.25, 0.3) is 0 Å². The number of carboxylic acid groups (broad SMARTS) is 1. The maximum Gasteiger partial charge on any atom is 0.310 e. The molecule has 2 N–H and O–H groups in total. The van der Waals surface area contributed by atoms with E-state index in [0.29, 0.717) is 12.1 Å². The number of fused-ring (bicyclic) bond motifs is 4. The largest absolute Gasteiger partial charge is 0.481 e. The van der Waals surface area contributed by atoms with E-state index in [-0.39, 0.29) is 37.9 Å². The predicted molar refractivity (Wildman–Crippen MR) is 164 cm³/mol. The average Bonchev–Trinajstić information content (AvgIpc) is 3.48. The third-order valence-corrected chi connectivity index (χ3v) is 9.70. The second-order valence-electron chi connectivity index (χ2n) is 11.5. The van der Waals surface area contributed by atoms with E-state index in [0.717, 1.165) is 32.1 Å². The van der Waals surface area contributed by atoms with Gasteiger partial charge in [-0.1, -0.05) is 85.4 Å². The van der Waals surface area contributed by atoms with Crippen molar-refractivity contribution in [3.8, 4) is 0 Å². The van der Waals surface area contributed by atoms with Crippen LogP contribution in [0.5, 0.6) is 0 Å². The van der Waals surface area contributed by atoms with Gasteiger partial charge in [0, 0.05) is 45.3 Å². The number of carbonyl (C=O) groups excluding carboxylic acids is 2. The Morgan fingerprint density at radius 2 is 1.63 bits per heavy atom. The lowest BCUT2D eigenvalue weighted by Crippen LogP contribution is -2.54. The number of alkyl halides is 2. The highest BCUT2D eigenvalue weighted by Gasteiger charge is 2.74. The molecule has 0 saturated carbocycles. The molecule has 0 aliphatic carbocycles. The smallest absolute Gasteiger partial charge is 0.310 e. The molecule has 43 heavy (non-hydrogen) atoms. The number of unbranched alkanes of at least 4 members (excludes halogenated alkanes) is 5. The van der Waals surface area contributed by atoms with Gasteiger partial charge in [-0.2, -0.15) is 0 Å². The SMILES string of the molecule is CCCCCCCCN(C(=O)[C@H]1[C@H]2CC(F)(F)CN2[C@]2(C(=O)Nc3c(Cl)cc(Cl)cc32)[C@H]1C(=O)O)c1cc(Cl)cc(Cl)c1. The molecule has 3 heterocycles. The summed E-state index contributed by atoms with van der Waals surface area (Å²) in [5, 5.41) is 13.9. The molecule has 0 radical (unpaired) electrons. The van der Waals surface area contributed by atoms with Gasteiger partial charge in [0.2, 0.25) is 5.91 Å². The van der Waals surface area contributed by atoms with Crippen molar-refractivity contribution < 1.29 is 28.3 Å². The molecule has 5 rings (SSSR count). The van der Waals surface area contributed by atoms with Gasteiger partial charge < -0.3 is 15.3 Å². The summed E-state index contributed by atoms with van der Waals surface area (Å²) in [5.41, 5.74) is -1.67. The third kappa shape index (κ3) is 5.72. The molecule has 0 bridgehead atoms. The molecule has 0 unspecified atom stereocenters. The molecule has 2 aromatic rings. The molecule has 2 fully saturated rings. The minimum atomic E-state index is -3.28. The molecule has 2 amide bonds. The number of nitrogens with zero attached hydrogens (tertiary/aromatic N) is 2. The van der Waals surface area contributed by atoms with Crippen molar-refractivity contribution in [2.75, 3.05) is 23.3 Å². The number of hydrogen-bond acceptors (Lipinski definition) is 4. The Kier molecular flexibility index (Phi) is 9.23. The maximum absolute atomic E-state index is 15.2. The van der Waals surface area contributed by atoms with Crippen LogP contribution in [0.1, 0.15) is 57.4 Å². The molecular formula is C30H31Cl4F2N3O4. The van der Waals surface area contributed by atoms with Crippen LogP contribution in [0.4, 0.5) is 20.2 Å². The van der Waals surface area contributed by atoms with Crippen LogP contribution < -0.4 is 10.2 Å². The molecule has 13 heteroatoms. The summed E-state index contributed by atoms with van der Waals surface area (Å²) in [7, 11) is 0. The number of carboxylic acids is 1. The number of benzene rings is 2. The Balaban J connectivity index is 1.62. The van der Waals surface area contributed by atoms with Gasteiger partial charge in [-0.05, 0) is 36.8 Å². The summed E-state index contributed by atoms with van der Waals surface area (Å²) in [6.07, 6.45) is 4.71. The minimum absolute atomic E-state index is 0.0346. The lowest BCUT2D eigenvalue weighted by atomic mass is 9.73. The Morgan fingerprint density at radius 1 is 1.00 bits per heavy atom. The fourth-order valence-electron chi connectivity index (χ4n) is 7.07. The van der Waals surface area contributed by atoms with Crippen LogP contribution in [0, 0.1) is 11.8 Å². The van der Waals surface area contributed by atoms with Crippen LogP contribution >= 0.6 is 46.4 Å². The molecule has 232 valence electrons. The van der Waals surface area contributed by atoms with Crippen molar-refractivity contribution in [2.24, 2.45) is 11.8 Å². The van der Waals surface area contributed by atoms with E-state index < -0.39 is 60.1 Å². The number of halogens is 6. The van der Waals surface area contributed by atoms with E-state index in [4.69, 9.17) is 46.4 Å². The zero-order valence-electron chi connectivity index (χ0n) is 23.3. The number of rotatable bonds is 10. The quantitative estimate of drug-likeness (QED) is 0.250. The van der Waals surface area contributed by atoms with Gasteiger partial charge in [-0.15, -0.1) is 0 Å². The van der Waals surface area contributed by atoms with Crippen LogP contribution in [-0.4, -0.2) is 52.8 Å². The molecule has 4 atom stereocenters. The van der Waals surface area contributed by atoms with Crippen molar-refractivity contribution in [2.45, 2.75) is 69.4 Å². The van der Waals surface area contributed by atoms with E-state index in [2.05, 4.69) is 12.2 Å². The second kappa shape index (κ2) is 12.3. The van der Waals surface area contributed by atoms with Crippen molar-refractivity contribution in [3.05, 3.63) is 56.0 Å². The first kappa shape index (κ1) is 32.2. The molecule has 3 aliphatic heterocycles. The fourth-order valence-corrected chi connectivity index (χ4v) is 8.13. The van der Waals surface area contributed by atoms with Crippen molar-refractivity contribution in [3.63, 3.8) is 0 Å². The second-order valence-corrected chi connectivity index (χ2v) is 13.2. The number of hydrogen-bond donors (Lipinski definition) is 2. The average molecular weight is 677 g/mol. The first-order valence-electron chi connectivity index (χ1n) is 14.3. The summed E-state index contributed by atoms with van der Waals surface area (Å²) in [6.45, 7) is 1.38. The molecular weight excluding hydrogens is 646 g/mol. The van der Waals surface area contributed by atoms with Crippen molar-refractivity contribution >= 4 is 75.6 Å². The monoisotopic (exact) mass is 675 g/mol. The number of amides is 2. The zero-order chi connectivity index (χ0) is 31.3. The summed E-state index contributed by atoms with van der Waals surface area (Å²) in [5.74, 6) is -9.53. The number of aliphatic carboxylic acids is 1. The summed E-state index contributed by atoms with van der Waals surface area (Å²) in [6, 6.07) is 6.02. The molecule has 2 saturated heterocycles. The Labute approximate surface area is 268 Å². The van der Waals surface area contributed by atoms with Gasteiger partial charge in [0.05, 0.1) is 23.2 Å². The summed E-state index contributed by atoms with van der Waals surface area (Å²) >= 11 is 25.2. The van der Waals surface area contributed by atoms with E-state index in [9.17, 15) is 19.5 Å². The van der Waals surface area contributed by atoms with Gasteiger partial charge in [0.1, 0.15) is 11.5 Å². The van der Waals surface area contributed by atoms with Gasteiger partial charge in [0.25, 0.3) is 11.8 Å². The maximum atomic E-state index is 15.2. The fraction of sp³-hybridized carbons (Fsp3) is 0.500. The molecule has 1 spiro atoms.